The van der Waals surface area contributed by atoms with Gasteiger partial charge in [0.25, 0.3) is 0 Å². The molecule has 0 atom stereocenters. The van der Waals surface area contributed by atoms with Crippen molar-refractivity contribution in [3.63, 3.8) is 0 Å². The van der Waals surface area contributed by atoms with E-state index in [1.807, 2.05) is 12.1 Å². The van der Waals surface area contributed by atoms with Crippen molar-refractivity contribution in [1.29, 1.82) is 0 Å². The fraction of sp³-hybridized carbons (Fsp3) is 0.500. The van der Waals surface area contributed by atoms with Crippen LogP contribution in [-0.4, -0.2) is 50.0 Å². The van der Waals surface area contributed by atoms with Gasteiger partial charge in [-0.25, -0.2) is 0 Å². The minimum absolute atomic E-state index is 0.00799. The van der Waals surface area contributed by atoms with Crippen LogP contribution in [0.3, 0.4) is 0 Å². The predicted molar refractivity (Wildman–Crippen MR) is 83.3 cm³/mol. The first kappa shape index (κ1) is 18.9. The van der Waals surface area contributed by atoms with Crippen LogP contribution in [0.1, 0.15) is 19.4 Å². The van der Waals surface area contributed by atoms with E-state index in [1.54, 1.807) is 12.1 Å². The maximum atomic E-state index is 13.0. The molecule has 0 bridgehead atoms. The molecule has 1 rings (SSSR count). The first-order chi connectivity index (χ1) is 10.9. The number of hydrogen-bond acceptors (Lipinski definition) is 6. The van der Waals surface area contributed by atoms with Gasteiger partial charge in [0, 0.05) is 19.4 Å². The molecular formula is C16H23NO6. The van der Waals surface area contributed by atoms with Crippen LogP contribution in [-0.2, 0) is 25.6 Å². The van der Waals surface area contributed by atoms with Crippen LogP contribution >= 0.6 is 0 Å². The monoisotopic (exact) mass is 325 g/mol. The number of rotatable bonds is 9. The minimum atomic E-state index is -0.680. The van der Waals surface area contributed by atoms with Gasteiger partial charge in [-0.1, -0.05) is 12.1 Å². The molecule has 23 heavy (non-hydrogen) atoms. The summed E-state index contributed by atoms with van der Waals surface area (Å²) in [4.78, 5) is 21.7. The second-order valence-electron chi connectivity index (χ2n) is 5.16. The van der Waals surface area contributed by atoms with Gasteiger partial charge in [-0.3, -0.25) is 9.59 Å². The summed E-state index contributed by atoms with van der Waals surface area (Å²) in [5.41, 5.74) is 0.746. The second-order valence-corrected chi connectivity index (χ2v) is 5.16. The van der Waals surface area contributed by atoms with Crippen molar-refractivity contribution in [3.05, 3.63) is 35.0 Å². The highest BCUT2D eigenvalue weighted by Gasteiger charge is 2.21. The van der Waals surface area contributed by atoms with Gasteiger partial charge in [0.1, 0.15) is 38.6 Å². The van der Waals surface area contributed by atoms with E-state index in [-0.39, 0.29) is 32.8 Å². The third kappa shape index (κ3) is 7.12. The van der Waals surface area contributed by atoms with E-state index in [0.29, 0.717) is 5.75 Å². The minimum Gasteiger partial charge on any atom is -0.632 e. The van der Waals surface area contributed by atoms with Crippen LogP contribution in [0.5, 0.6) is 5.75 Å². The molecule has 0 radical (unpaired) electrons. The number of ether oxygens (including phenoxy) is 3. The smallest absolute Gasteiger partial charge is 0.302 e. The third-order valence-corrected chi connectivity index (χ3v) is 3.26. The number of esters is 2. The Labute approximate surface area is 135 Å². The van der Waals surface area contributed by atoms with Gasteiger partial charge in [-0.15, -0.1) is 0 Å². The lowest BCUT2D eigenvalue weighted by Crippen LogP contribution is -2.46. The van der Waals surface area contributed by atoms with Gasteiger partial charge in [0.05, 0.1) is 7.11 Å². The molecule has 0 aliphatic heterocycles. The molecule has 0 aliphatic carbocycles. The number of para-hydroxylation sites is 1. The fourth-order valence-electron chi connectivity index (χ4n) is 2.13. The van der Waals surface area contributed by atoms with Crippen molar-refractivity contribution in [2.75, 3.05) is 33.4 Å². The van der Waals surface area contributed by atoms with E-state index in [1.165, 1.54) is 21.0 Å². The van der Waals surface area contributed by atoms with Crippen LogP contribution < -0.4 is 4.74 Å². The van der Waals surface area contributed by atoms with Gasteiger partial charge in [0.2, 0.25) is 0 Å². The number of nitrogens with zero attached hydrogens (tertiary/aromatic N) is 1. The van der Waals surface area contributed by atoms with E-state index in [2.05, 4.69) is 0 Å². The molecule has 0 spiro atoms. The number of benzene rings is 1. The van der Waals surface area contributed by atoms with Gasteiger partial charge in [-0.05, 0) is 12.1 Å². The zero-order valence-electron chi connectivity index (χ0n) is 13.7. The maximum absolute atomic E-state index is 13.0. The lowest BCUT2D eigenvalue weighted by Gasteiger charge is -2.42. The zero-order chi connectivity index (χ0) is 17.3. The number of carbonyl (C=O) groups is 2. The molecule has 0 unspecified atom stereocenters. The number of methoxy groups -OCH3 is 1. The van der Waals surface area contributed by atoms with Crippen molar-refractivity contribution in [1.82, 2.24) is 0 Å². The summed E-state index contributed by atoms with van der Waals surface area (Å²) >= 11 is 0. The SMILES string of the molecule is COc1ccccc1C[N+]([O-])(CCOC(C)=O)CCOC(C)=O. The van der Waals surface area contributed by atoms with Crippen molar-refractivity contribution in [2.24, 2.45) is 0 Å². The molecule has 1 aromatic carbocycles. The Morgan fingerprint density at radius 3 is 2.04 bits per heavy atom. The number of hydroxylamine groups is 3. The topological polar surface area (TPSA) is 84.9 Å². The average molecular weight is 325 g/mol. The molecule has 0 amide bonds. The van der Waals surface area contributed by atoms with Crippen molar-refractivity contribution >= 4 is 11.9 Å². The lowest BCUT2D eigenvalue weighted by molar-refractivity contribution is -0.894. The summed E-state index contributed by atoms with van der Waals surface area (Å²) in [6.45, 7) is 2.86. The Bertz CT molecular complexity index is 511. The lowest BCUT2D eigenvalue weighted by atomic mass is 10.2. The van der Waals surface area contributed by atoms with Crippen LogP contribution in [0.4, 0.5) is 0 Å². The van der Waals surface area contributed by atoms with Crippen LogP contribution in [0, 0.1) is 5.21 Å². The van der Waals surface area contributed by atoms with E-state index < -0.39 is 16.6 Å². The molecule has 0 aliphatic rings. The summed E-state index contributed by atoms with van der Waals surface area (Å²) in [5, 5.41) is 13.0. The maximum Gasteiger partial charge on any atom is 0.302 e. The Morgan fingerprint density at radius 1 is 1.04 bits per heavy atom. The van der Waals surface area contributed by atoms with Gasteiger partial charge < -0.3 is 24.1 Å². The molecule has 1 aromatic rings. The summed E-state index contributed by atoms with van der Waals surface area (Å²) in [7, 11) is 1.54. The first-order valence-corrected chi connectivity index (χ1v) is 7.32. The normalized spacial score (nSPS) is 11.0. The van der Waals surface area contributed by atoms with Gasteiger partial charge in [0.15, 0.2) is 0 Å². The summed E-state index contributed by atoms with van der Waals surface area (Å²) < 4.78 is 14.3. The van der Waals surface area contributed by atoms with E-state index in [0.717, 1.165) is 5.56 Å². The van der Waals surface area contributed by atoms with E-state index in [9.17, 15) is 14.8 Å². The summed E-state index contributed by atoms with van der Waals surface area (Å²) in [5.74, 6) is -0.256. The van der Waals surface area contributed by atoms with E-state index >= 15 is 0 Å². The zero-order valence-corrected chi connectivity index (χ0v) is 13.7. The number of quaternary nitrogens is 1. The standard InChI is InChI=1S/C16H23NO6/c1-13(18)22-10-8-17(20,9-11-23-14(2)19)12-15-6-4-5-7-16(15)21-3/h4-7H,8-12H2,1-3H3. The molecule has 0 aromatic heterocycles. The highest BCUT2D eigenvalue weighted by molar-refractivity contribution is 5.66. The fourth-order valence-corrected chi connectivity index (χ4v) is 2.13. The van der Waals surface area contributed by atoms with Crippen LogP contribution in [0.15, 0.2) is 24.3 Å². The van der Waals surface area contributed by atoms with Crippen molar-refractivity contribution < 1.29 is 28.4 Å². The molecule has 0 saturated heterocycles. The molecule has 0 saturated carbocycles. The Kier molecular flexibility index (Phi) is 7.50. The predicted octanol–water partition coefficient (Wildman–Crippen LogP) is 1.64. The molecule has 0 heterocycles. The van der Waals surface area contributed by atoms with Crippen molar-refractivity contribution in [3.8, 4) is 5.75 Å². The van der Waals surface area contributed by atoms with Crippen LogP contribution in [0.25, 0.3) is 0 Å². The summed E-state index contributed by atoms with van der Waals surface area (Å²) in [6.07, 6.45) is 0. The van der Waals surface area contributed by atoms with Crippen molar-refractivity contribution in [2.45, 2.75) is 20.4 Å². The number of carbonyl (C=O) groups excluding carboxylic acids is 2. The Balaban J connectivity index is 2.79. The van der Waals surface area contributed by atoms with Gasteiger partial charge >= 0.3 is 11.9 Å². The molecule has 7 nitrogen and oxygen atoms in total. The Morgan fingerprint density at radius 2 is 1.57 bits per heavy atom. The summed E-state index contributed by atoms with van der Waals surface area (Å²) in [6, 6.07) is 7.22. The molecular weight excluding hydrogens is 302 g/mol. The highest BCUT2D eigenvalue weighted by atomic mass is 16.6. The molecule has 0 fully saturated rings. The number of hydrogen-bond donors (Lipinski definition) is 0. The Hall–Kier alpha value is -2.12. The quantitative estimate of drug-likeness (QED) is 0.390. The first-order valence-electron chi connectivity index (χ1n) is 7.32. The second kappa shape index (κ2) is 9.12. The largest absolute Gasteiger partial charge is 0.632 e. The van der Waals surface area contributed by atoms with E-state index in [4.69, 9.17) is 14.2 Å². The highest BCUT2D eigenvalue weighted by Crippen LogP contribution is 2.22. The molecule has 7 heteroatoms. The third-order valence-electron chi connectivity index (χ3n) is 3.26. The molecule has 0 N–H and O–H groups in total. The van der Waals surface area contributed by atoms with Gasteiger partial charge in [-0.2, -0.15) is 0 Å². The average Bonchev–Trinajstić information content (AvgIpc) is 2.47. The molecule has 128 valence electrons. The van der Waals surface area contributed by atoms with Crippen LogP contribution in [0.2, 0.25) is 0 Å².